The van der Waals surface area contributed by atoms with Gasteiger partial charge in [-0.15, -0.1) is 0 Å². The van der Waals surface area contributed by atoms with Crippen LogP contribution >= 0.6 is 0 Å². The molecule has 4 aliphatic rings. The van der Waals surface area contributed by atoms with Crippen molar-refractivity contribution in [3.8, 4) is 6.07 Å². The maximum atomic E-state index is 13.4. The summed E-state index contributed by atoms with van der Waals surface area (Å²) in [5.74, 6) is -0.0181. The van der Waals surface area contributed by atoms with E-state index in [9.17, 15) is 19.6 Å². The predicted octanol–water partition coefficient (Wildman–Crippen LogP) is 1.97. The van der Waals surface area contributed by atoms with Crippen LogP contribution in [0.3, 0.4) is 0 Å². The molecule has 3 aliphatic heterocycles. The Kier molecular flexibility index (Phi) is 6.15. The number of ether oxygens (including phenoxy) is 1. The lowest BCUT2D eigenvalue weighted by molar-refractivity contribution is -0.122. The molecule has 0 aromatic heterocycles. The number of likely N-dealkylation sites (tertiary alicyclic amines) is 2. The average Bonchev–Trinajstić information content (AvgIpc) is 3.15. The highest BCUT2D eigenvalue weighted by atomic mass is 16.6. The zero-order valence-corrected chi connectivity index (χ0v) is 21.5. The van der Waals surface area contributed by atoms with Gasteiger partial charge in [0.05, 0.1) is 24.2 Å². The van der Waals surface area contributed by atoms with Gasteiger partial charge in [0.25, 0.3) is 0 Å². The van der Waals surface area contributed by atoms with E-state index in [-0.39, 0.29) is 30.1 Å². The number of piperidine rings is 1. The number of hydrogen-bond acceptors (Lipinski definition) is 7. The molecule has 37 heavy (non-hydrogen) atoms. The fourth-order valence-electron chi connectivity index (χ4n) is 6.07. The third-order valence-electron chi connectivity index (χ3n) is 7.79. The summed E-state index contributed by atoms with van der Waals surface area (Å²) in [6, 6.07) is 8.34. The molecule has 5 rings (SSSR count). The fourth-order valence-corrected chi connectivity index (χ4v) is 6.07. The zero-order valence-electron chi connectivity index (χ0n) is 21.5. The minimum absolute atomic E-state index is 0.0111. The molecule has 3 saturated heterocycles. The van der Waals surface area contributed by atoms with Crippen LogP contribution in [0.15, 0.2) is 36.5 Å². The molecule has 3 amide bonds. The number of nitriles is 1. The summed E-state index contributed by atoms with van der Waals surface area (Å²) in [6.45, 7) is 10.8. The van der Waals surface area contributed by atoms with Gasteiger partial charge in [0.1, 0.15) is 11.6 Å². The quantitative estimate of drug-likeness (QED) is 0.578. The van der Waals surface area contributed by atoms with Crippen LogP contribution in [-0.4, -0.2) is 76.6 Å². The van der Waals surface area contributed by atoms with Gasteiger partial charge in [0.15, 0.2) is 0 Å². The normalized spacial score (nSPS) is 29.0. The Morgan fingerprint density at radius 3 is 2.54 bits per heavy atom. The number of fused-ring (bicyclic) bond motifs is 3. The van der Waals surface area contributed by atoms with E-state index in [1.54, 1.807) is 49.9 Å². The Morgan fingerprint density at radius 2 is 1.95 bits per heavy atom. The maximum absolute atomic E-state index is 13.4. The first kappa shape index (κ1) is 25.1. The molecule has 3 heterocycles. The second-order valence-corrected chi connectivity index (χ2v) is 11.5. The lowest BCUT2D eigenvalue weighted by atomic mass is 10.1. The predicted molar refractivity (Wildman–Crippen MR) is 136 cm³/mol. The monoisotopic (exact) mass is 506 g/mol. The highest BCUT2D eigenvalue weighted by molar-refractivity contribution is 6.02. The summed E-state index contributed by atoms with van der Waals surface area (Å²) >= 11 is 0. The van der Waals surface area contributed by atoms with Crippen molar-refractivity contribution in [2.45, 2.75) is 75.8 Å². The highest BCUT2D eigenvalue weighted by Crippen LogP contribution is 2.49. The van der Waals surface area contributed by atoms with Gasteiger partial charge in [0.2, 0.25) is 11.8 Å². The molecule has 10 nitrogen and oxygen atoms in total. The minimum Gasteiger partial charge on any atom is -0.444 e. The summed E-state index contributed by atoms with van der Waals surface area (Å²) in [5.41, 5.74) is 6.51. The van der Waals surface area contributed by atoms with Crippen LogP contribution < -0.4 is 16.0 Å². The molecule has 1 saturated carbocycles. The molecule has 3 N–H and O–H groups in total. The van der Waals surface area contributed by atoms with Crippen molar-refractivity contribution in [3.05, 3.63) is 42.1 Å². The second-order valence-electron chi connectivity index (χ2n) is 11.5. The number of nitrogens with zero attached hydrogens (tertiary/aromatic N) is 4. The molecule has 196 valence electrons. The number of nitrogens with two attached hydrogens (primary N) is 1. The minimum atomic E-state index is -0.659. The number of primary amides is 1. The molecule has 0 radical (unpaired) electrons. The number of alkyl carbamates (subject to hydrolysis) is 1. The number of piperazine rings is 1. The van der Waals surface area contributed by atoms with Crippen molar-refractivity contribution in [2.75, 3.05) is 18.0 Å². The first-order valence-electron chi connectivity index (χ1n) is 12.8. The molecular weight excluding hydrogens is 472 g/mol. The molecule has 2 bridgehead atoms. The van der Waals surface area contributed by atoms with Crippen LogP contribution in [-0.2, 0) is 9.53 Å². The van der Waals surface area contributed by atoms with E-state index in [2.05, 4.69) is 27.8 Å². The number of anilines is 1. The van der Waals surface area contributed by atoms with E-state index < -0.39 is 23.6 Å². The van der Waals surface area contributed by atoms with E-state index in [0.29, 0.717) is 36.7 Å². The van der Waals surface area contributed by atoms with Gasteiger partial charge in [-0.25, -0.2) is 4.79 Å². The van der Waals surface area contributed by atoms with Crippen LogP contribution in [0.2, 0.25) is 0 Å². The standard InChI is InChI=1S/C27H34N6O4/c1-15(32-19(12-28)9-17-10-22(17)32)21(30-26(36)37-27(2,3)4)14-31-13-20-11-23(31)25(35)33(20)18-7-5-16(6-8-18)24(29)34/h5-8,17,19-23H,1,9-11,13-14H2,2-4H3,(H2,29,34)(H,30,36)/t17?,19?,20-,21?,22?,23?/m0/s1. The van der Waals surface area contributed by atoms with Gasteiger partial charge < -0.3 is 25.6 Å². The van der Waals surface area contributed by atoms with Crippen molar-refractivity contribution in [1.29, 1.82) is 5.26 Å². The topological polar surface area (TPSA) is 132 Å². The number of rotatable bonds is 7. The SMILES string of the molecule is C=C(C(CN1C[C@@H]2CC1C(=O)N2c1ccc(C(N)=O)cc1)NC(=O)OC(C)(C)C)N1C(C#N)CC2CC21. The summed E-state index contributed by atoms with van der Waals surface area (Å²) < 4.78 is 5.52. The van der Waals surface area contributed by atoms with Crippen LogP contribution in [0.5, 0.6) is 0 Å². The van der Waals surface area contributed by atoms with Crippen molar-refractivity contribution in [2.24, 2.45) is 11.7 Å². The first-order valence-corrected chi connectivity index (χ1v) is 12.8. The number of hydrogen-bond donors (Lipinski definition) is 2. The number of benzene rings is 1. The van der Waals surface area contributed by atoms with E-state index in [4.69, 9.17) is 10.5 Å². The number of amides is 3. The largest absolute Gasteiger partial charge is 0.444 e. The molecule has 0 spiro atoms. The highest BCUT2D eigenvalue weighted by Gasteiger charge is 2.54. The maximum Gasteiger partial charge on any atom is 0.408 e. The summed E-state index contributed by atoms with van der Waals surface area (Å²) in [7, 11) is 0. The van der Waals surface area contributed by atoms with E-state index >= 15 is 0 Å². The summed E-state index contributed by atoms with van der Waals surface area (Å²) in [4.78, 5) is 43.5. The first-order chi connectivity index (χ1) is 17.5. The van der Waals surface area contributed by atoms with Gasteiger partial charge in [-0.2, -0.15) is 5.26 Å². The van der Waals surface area contributed by atoms with Gasteiger partial charge in [0, 0.05) is 36.1 Å². The Hall–Kier alpha value is -3.58. The fraction of sp³-hybridized carbons (Fsp3) is 0.556. The van der Waals surface area contributed by atoms with E-state index in [1.807, 2.05) is 0 Å². The Labute approximate surface area is 217 Å². The molecule has 6 atom stereocenters. The smallest absolute Gasteiger partial charge is 0.408 e. The molecule has 4 fully saturated rings. The summed E-state index contributed by atoms with van der Waals surface area (Å²) in [5, 5.41) is 12.7. The van der Waals surface area contributed by atoms with Gasteiger partial charge in [-0.1, -0.05) is 6.58 Å². The van der Waals surface area contributed by atoms with Gasteiger partial charge in [-0.3, -0.25) is 14.5 Å². The van der Waals surface area contributed by atoms with Crippen molar-refractivity contribution >= 4 is 23.6 Å². The number of nitrogens with one attached hydrogen (secondary N) is 1. The molecule has 1 aliphatic carbocycles. The van der Waals surface area contributed by atoms with Gasteiger partial charge in [-0.05, 0) is 70.2 Å². The van der Waals surface area contributed by atoms with Crippen LogP contribution in [0, 0.1) is 17.2 Å². The van der Waals surface area contributed by atoms with Crippen LogP contribution in [0.1, 0.15) is 50.4 Å². The van der Waals surface area contributed by atoms with Gasteiger partial charge >= 0.3 is 6.09 Å². The zero-order chi connectivity index (χ0) is 26.6. The average molecular weight is 507 g/mol. The van der Waals surface area contributed by atoms with Crippen molar-refractivity contribution in [3.63, 3.8) is 0 Å². The van der Waals surface area contributed by atoms with Crippen LogP contribution in [0.25, 0.3) is 0 Å². The Balaban J connectivity index is 1.31. The molecule has 1 aromatic carbocycles. The molecule has 10 heteroatoms. The van der Waals surface area contributed by atoms with Crippen molar-refractivity contribution < 1.29 is 19.1 Å². The second kappa shape index (κ2) is 9.06. The lowest BCUT2D eigenvalue weighted by Crippen LogP contribution is -2.56. The molecular formula is C27H34N6O4. The molecule has 1 aromatic rings. The number of carbonyl (C=O) groups is 3. The third-order valence-corrected chi connectivity index (χ3v) is 7.79. The Morgan fingerprint density at radius 1 is 1.24 bits per heavy atom. The lowest BCUT2D eigenvalue weighted by Gasteiger charge is -2.38. The van der Waals surface area contributed by atoms with Crippen molar-refractivity contribution in [1.82, 2.24) is 15.1 Å². The summed E-state index contributed by atoms with van der Waals surface area (Å²) in [6.07, 6.45) is 1.98. The van der Waals surface area contributed by atoms with E-state index in [0.717, 1.165) is 18.5 Å². The van der Waals surface area contributed by atoms with E-state index in [1.165, 1.54) is 0 Å². The van der Waals surface area contributed by atoms with Crippen LogP contribution in [0.4, 0.5) is 10.5 Å². The molecule has 5 unspecified atom stereocenters. The Bertz CT molecular complexity index is 1170. The number of carbonyl (C=O) groups excluding carboxylic acids is 3. The third kappa shape index (κ3) is 4.76.